The van der Waals surface area contributed by atoms with Crippen molar-refractivity contribution >= 4 is 39.9 Å². The molecule has 3 aromatic rings. The summed E-state index contributed by atoms with van der Waals surface area (Å²) in [7, 11) is 1.26. The summed E-state index contributed by atoms with van der Waals surface area (Å²) in [5.41, 5.74) is 2.17. The number of aromatic nitrogens is 1. The third-order valence-electron chi connectivity index (χ3n) is 6.92. The van der Waals surface area contributed by atoms with Crippen LogP contribution in [0.15, 0.2) is 48.0 Å². The van der Waals surface area contributed by atoms with E-state index in [0.29, 0.717) is 35.6 Å². The number of rotatable bonds is 8. The number of carbonyl (C=O) groups excluding carboxylic acids is 3. The normalized spacial score (nSPS) is 19.4. The lowest BCUT2D eigenvalue weighted by Gasteiger charge is -2.23. The fraction of sp³-hybridized carbons (Fsp3) is 0.333. The smallest absolute Gasteiger partial charge is 0.350 e. The van der Waals surface area contributed by atoms with Gasteiger partial charge in [0.05, 0.1) is 31.0 Å². The monoisotopic (exact) mass is 562 g/mol. The van der Waals surface area contributed by atoms with Gasteiger partial charge in [-0.05, 0) is 61.7 Å². The standard InChI is InChI=1S/C30H30N2O7S/c1-5-6-12-38-21-9-7-8-18(15-21)24-23(25(33)19-10-11-22-20(14-19)13-16(2)39-22)26(34)28(35)32(24)30-31-17(3)27(40-30)29(36)37-4/h7-11,14-16,24,33H,5-6,12-13H2,1-4H3/t16-,24+/m1/s1. The minimum absolute atomic E-state index is 0.00516. The first kappa shape index (κ1) is 27.4. The van der Waals surface area contributed by atoms with Gasteiger partial charge in [0.2, 0.25) is 0 Å². The van der Waals surface area contributed by atoms with Crippen molar-refractivity contribution in [1.82, 2.24) is 4.98 Å². The van der Waals surface area contributed by atoms with E-state index in [0.717, 1.165) is 35.5 Å². The Labute approximate surface area is 236 Å². The number of anilines is 1. The molecule has 1 saturated heterocycles. The van der Waals surface area contributed by atoms with Crippen LogP contribution in [-0.2, 0) is 20.7 Å². The molecule has 0 bridgehead atoms. The van der Waals surface area contributed by atoms with Crippen LogP contribution in [-0.4, -0.2) is 47.6 Å². The summed E-state index contributed by atoms with van der Waals surface area (Å²) in [6, 6.07) is 11.3. The number of carbonyl (C=O) groups is 3. The largest absolute Gasteiger partial charge is 0.507 e. The number of thiazole rings is 1. The van der Waals surface area contributed by atoms with E-state index < -0.39 is 23.7 Å². The number of aliphatic hydroxyl groups is 1. The lowest BCUT2D eigenvalue weighted by molar-refractivity contribution is -0.132. The van der Waals surface area contributed by atoms with E-state index in [1.165, 1.54) is 12.0 Å². The molecule has 9 nitrogen and oxygen atoms in total. The van der Waals surface area contributed by atoms with Gasteiger partial charge in [-0.3, -0.25) is 14.5 Å². The molecule has 40 heavy (non-hydrogen) atoms. The summed E-state index contributed by atoms with van der Waals surface area (Å²) >= 11 is 0.956. The van der Waals surface area contributed by atoms with Gasteiger partial charge in [0.25, 0.3) is 5.78 Å². The Hall–Kier alpha value is -4.18. The van der Waals surface area contributed by atoms with Gasteiger partial charge in [-0.15, -0.1) is 0 Å². The quantitative estimate of drug-likeness (QED) is 0.128. The molecule has 208 valence electrons. The topological polar surface area (TPSA) is 115 Å². The summed E-state index contributed by atoms with van der Waals surface area (Å²) < 4.78 is 16.5. The lowest BCUT2D eigenvalue weighted by atomic mass is 9.94. The maximum atomic E-state index is 13.6. The predicted octanol–water partition coefficient (Wildman–Crippen LogP) is 5.37. The molecule has 2 aliphatic rings. The van der Waals surface area contributed by atoms with E-state index in [2.05, 4.69) is 11.9 Å². The fourth-order valence-corrected chi connectivity index (χ4v) is 5.96. The molecule has 2 atom stereocenters. The summed E-state index contributed by atoms with van der Waals surface area (Å²) in [5, 5.41) is 11.7. The molecule has 0 radical (unpaired) electrons. The van der Waals surface area contributed by atoms with Gasteiger partial charge in [0, 0.05) is 12.0 Å². The molecular weight excluding hydrogens is 532 g/mol. The first-order valence-electron chi connectivity index (χ1n) is 13.1. The van der Waals surface area contributed by atoms with Crippen LogP contribution in [0.3, 0.4) is 0 Å². The Balaban J connectivity index is 1.65. The van der Waals surface area contributed by atoms with Crippen molar-refractivity contribution in [3.8, 4) is 11.5 Å². The van der Waals surface area contributed by atoms with Crippen LogP contribution >= 0.6 is 11.3 Å². The Morgan fingerprint density at radius 1 is 1.23 bits per heavy atom. The van der Waals surface area contributed by atoms with E-state index in [1.807, 2.05) is 6.92 Å². The van der Waals surface area contributed by atoms with Crippen molar-refractivity contribution < 1.29 is 33.7 Å². The summed E-state index contributed by atoms with van der Waals surface area (Å²) in [6.45, 7) is 6.18. The molecule has 1 fully saturated rings. The van der Waals surface area contributed by atoms with Crippen LogP contribution < -0.4 is 14.4 Å². The molecule has 0 aliphatic carbocycles. The average Bonchev–Trinajstić information content (AvgIpc) is 3.59. The fourth-order valence-electron chi connectivity index (χ4n) is 4.95. The molecule has 1 N–H and O–H groups in total. The Bertz CT molecular complexity index is 1530. The minimum atomic E-state index is -1.01. The zero-order valence-corrected chi connectivity index (χ0v) is 23.5. The number of aryl methyl sites for hydroxylation is 1. The number of methoxy groups -OCH3 is 1. The third-order valence-corrected chi connectivity index (χ3v) is 8.05. The van der Waals surface area contributed by atoms with E-state index >= 15 is 0 Å². The maximum Gasteiger partial charge on any atom is 0.350 e. The van der Waals surface area contributed by atoms with E-state index in [1.54, 1.807) is 49.4 Å². The molecule has 1 amide bonds. The van der Waals surface area contributed by atoms with Gasteiger partial charge in [0.15, 0.2) is 5.13 Å². The van der Waals surface area contributed by atoms with Gasteiger partial charge >= 0.3 is 11.9 Å². The van der Waals surface area contributed by atoms with Crippen LogP contribution in [0.1, 0.15) is 64.8 Å². The van der Waals surface area contributed by atoms with Gasteiger partial charge in [0.1, 0.15) is 28.2 Å². The number of ketones is 1. The van der Waals surface area contributed by atoms with Gasteiger partial charge < -0.3 is 19.3 Å². The van der Waals surface area contributed by atoms with Crippen molar-refractivity contribution in [2.24, 2.45) is 0 Å². The number of amides is 1. The number of fused-ring (bicyclic) bond motifs is 1. The highest BCUT2D eigenvalue weighted by atomic mass is 32.1. The Morgan fingerprint density at radius 2 is 2.02 bits per heavy atom. The third kappa shape index (κ3) is 4.95. The van der Waals surface area contributed by atoms with Gasteiger partial charge in [-0.1, -0.05) is 36.8 Å². The number of benzene rings is 2. The zero-order valence-electron chi connectivity index (χ0n) is 22.7. The summed E-state index contributed by atoms with van der Waals surface area (Å²) in [6.07, 6.45) is 2.51. The van der Waals surface area contributed by atoms with Crippen LogP contribution in [0.5, 0.6) is 11.5 Å². The van der Waals surface area contributed by atoms with Crippen molar-refractivity contribution in [2.45, 2.75) is 52.2 Å². The number of unbranched alkanes of at least 4 members (excludes halogenated alkanes) is 1. The number of Topliss-reactive ketones (excluding diaryl/α,β-unsaturated/α-hetero) is 1. The highest BCUT2D eigenvalue weighted by molar-refractivity contribution is 7.17. The molecule has 5 rings (SSSR count). The molecule has 3 heterocycles. The molecule has 0 saturated carbocycles. The van der Waals surface area contributed by atoms with Crippen LogP contribution in [0.25, 0.3) is 5.76 Å². The van der Waals surface area contributed by atoms with Crippen LogP contribution in [0.4, 0.5) is 5.13 Å². The van der Waals surface area contributed by atoms with Crippen molar-refractivity contribution in [1.29, 1.82) is 0 Å². The number of esters is 1. The Kier molecular flexibility index (Phi) is 7.62. The molecule has 0 unspecified atom stereocenters. The second kappa shape index (κ2) is 11.1. The predicted molar refractivity (Wildman–Crippen MR) is 150 cm³/mol. The molecule has 0 spiro atoms. The van der Waals surface area contributed by atoms with Gasteiger partial charge in [-0.2, -0.15) is 0 Å². The highest BCUT2D eigenvalue weighted by Gasteiger charge is 2.48. The molecular formula is C30H30N2O7S. The zero-order chi connectivity index (χ0) is 28.6. The molecule has 2 aliphatic heterocycles. The number of nitrogens with zero attached hydrogens (tertiary/aromatic N) is 2. The highest BCUT2D eigenvalue weighted by Crippen LogP contribution is 2.45. The van der Waals surface area contributed by atoms with Crippen molar-refractivity contribution in [3.05, 3.63) is 75.3 Å². The minimum Gasteiger partial charge on any atom is -0.507 e. The SMILES string of the molecule is CCCCOc1cccc([C@H]2C(=C(O)c3ccc4c(c3)C[C@@H](C)O4)C(=O)C(=O)N2c2nc(C)c(C(=O)OC)s2)c1. The first-order valence-corrected chi connectivity index (χ1v) is 13.9. The van der Waals surface area contributed by atoms with Crippen LogP contribution in [0.2, 0.25) is 0 Å². The number of aliphatic hydroxyl groups excluding tert-OH is 1. The van der Waals surface area contributed by atoms with E-state index in [-0.39, 0.29) is 27.4 Å². The lowest BCUT2D eigenvalue weighted by Crippen LogP contribution is -2.29. The Morgan fingerprint density at radius 3 is 2.77 bits per heavy atom. The average molecular weight is 563 g/mol. The van der Waals surface area contributed by atoms with Crippen molar-refractivity contribution in [3.63, 3.8) is 0 Å². The summed E-state index contributed by atoms with van der Waals surface area (Å²) in [4.78, 5) is 45.3. The van der Waals surface area contributed by atoms with Crippen molar-refractivity contribution in [2.75, 3.05) is 18.6 Å². The van der Waals surface area contributed by atoms with Crippen LogP contribution in [0, 0.1) is 6.92 Å². The molecule has 10 heteroatoms. The second-order valence-corrected chi connectivity index (χ2v) is 10.8. The number of hydrogen-bond donors (Lipinski definition) is 1. The maximum absolute atomic E-state index is 13.6. The van der Waals surface area contributed by atoms with Gasteiger partial charge in [-0.25, -0.2) is 9.78 Å². The number of ether oxygens (including phenoxy) is 3. The van der Waals surface area contributed by atoms with E-state index in [4.69, 9.17) is 14.2 Å². The number of hydrogen-bond acceptors (Lipinski definition) is 9. The molecule has 2 aromatic carbocycles. The second-order valence-electron chi connectivity index (χ2n) is 9.80. The summed E-state index contributed by atoms with van der Waals surface area (Å²) in [5.74, 6) is -1.29. The van der Waals surface area contributed by atoms with E-state index in [9.17, 15) is 19.5 Å². The first-order chi connectivity index (χ1) is 19.2. The molecule has 1 aromatic heterocycles.